The predicted octanol–water partition coefficient (Wildman–Crippen LogP) is 2.36. The summed E-state index contributed by atoms with van der Waals surface area (Å²) in [6.07, 6.45) is 1.06. The number of hydrogen-bond acceptors (Lipinski definition) is 6. The number of ether oxygens (including phenoxy) is 3. The third-order valence-corrected chi connectivity index (χ3v) is 4.18. The number of thioether (sulfide) groups is 1. The normalized spacial score (nSPS) is 14.0. The molecule has 1 atom stereocenters. The number of fused-ring (bicyclic) bond motifs is 1. The third-order valence-electron chi connectivity index (χ3n) is 3.17. The Morgan fingerprint density at radius 1 is 1.43 bits per heavy atom. The van der Waals surface area contributed by atoms with Gasteiger partial charge in [-0.3, -0.25) is 4.79 Å². The topological polar surface area (TPSA) is 56.8 Å². The molecule has 21 heavy (non-hydrogen) atoms. The van der Waals surface area contributed by atoms with Gasteiger partial charge in [0.05, 0.1) is 12.9 Å². The van der Waals surface area contributed by atoms with Crippen LogP contribution in [-0.4, -0.2) is 37.9 Å². The fraction of sp³-hybridized carbons (Fsp3) is 0.533. The van der Waals surface area contributed by atoms with Crippen LogP contribution in [-0.2, 0) is 9.53 Å². The van der Waals surface area contributed by atoms with E-state index in [1.807, 2.05) is 18.2 Å². The molecule has 0 bridgehead atoms. The minimum absolute atomic E-state index is 0.175. The van der Waals surface area contributed by atoms with Crippen LogP contribution in [0.1, 0.15) is 24.9 Å². The van der Waals surface area contributed by atoms with E-state index in [9.17, 15) is 4.79 Å². The standard InChI is InChI=1S/C15H21NO4S/c1-3-6-16-12(8-21-9-15(17)18-2)11-4-5-13-14(7-11)20-10-19-13/h4-5,7,12,16H,3,6,8-10H2,1-2H3. The van der Waals surface area contributed by atoms with Crippen molar-refractivity contribution in [3.05, 3.63) is 23.8 Å². The zero-order valence-corrected chi connectivity index (χ0v) is 13.2. The second kappa shape index (κ2) is 8.14. The largest absolute Gasteiger partial charge is 0.468 e. The molecule has 5 nitrogen and oxygen atoms in total. The van der Waals surface area contributed by atoms with Gasteiger partial charge >= 0.3 is 5.97 Å². The van der Waals surface area contributed by atoms with Crippen molar-refractivity contribution in [2.75, 3.05) is 32.0 Å². The first-order valence-electron chi connectivity index (χ1n) is 7.02. The first-order chi connectivity index (χ1) is 10.2. The molecule has 0 aromatic heterocycles. The van der Waals surface area contributed by atoms with E-state index in [2.05, 4.69) is 17.0 Å². The van der Waals surface area contributed by atoms with E-state index in [1.54, 1.807) is 11.8 Å². The van der Waals surface area contributed by atoms with Crippen molar-refractivity contribution < 1.29 is 19.0 Å². The first-order valence-corrected chi connectivity index (χ1v) is 8.17. The number of benzene rings is 1. The van der Waals surface area contributed by atoms with Crippen molar-refractivity contribution in [2.24, 2.45) is 0 Å². The van der Waals surface area contributed by atoms with E-state index in [0.29, 0.717) is 5.75 Å². The van der Waals surface area contributed by atoms with Gasteiger partial charge < -0.3 is 19.5 Å². The molecule has 0 amide bonds. The van der Waals surface area contributed by atoms with Crippen molar-refractivity contribution in [2.45, 2.75) is 19.4 Å². The molecule has 2 rings (SSSR count). The van der Waals surface area contributed by atoms with Gasteiger partial charge in [0.2, 0.25) is 6.79 Å². The van der Waals surface area contributed by atoms with Crippen molar-refractivity contribution in [3.63, 3.8) is 0 Å². The van der Waals surface area contributed by atoms with Crippen LogP contribution in [0.4, 0.5) is 0 Å². The maximum atomic E-state index is 11.2. The molecule has 0 radical (unpaired) electrons. The Morgan fingerprint density at radius 3 is 3.00 bits per heavy atom. The van der Waals surface area contributed by atoms with E-state index in [1.165, 1.54) is 7.11 Å². The average molecular weight is 311 g/mol. The Kier molecular flexibility index (Phi) is 6.20. The molecule has 0 aliphatic carbocycles. The van der Waals surface area contributed by atoms with E-state index < -0.39 is 0 Å². The van der Waals surface area contributed by atoms with Gasteiger partial charge in [0.15, 0.2) is 11.5 Å². The molecule has 116 valence electrons. The lowest BCUT2D eigenvalue weighted by atomic mass is 10.1. The Balaban J connectivity index is 1.99. The van der Waals surface area contributed by atoms with Crippen molar-refractivity contribution >= 4 is 17.7 Å². The molecule has 1 N–H and O–H groups in total. The predicted molar refractivity (Wildman–Crippen MR) is 82.9 cm³/mol. The Hall–Kier alpha value is -1.40. The SMILES string of the molecule is CCCNC(CSCC(=O)OC)c1ccc2c(c1)OCO2. The molecule has 0 fully saturated rings. The van der Waals surface area contributed by atoms with E-state index >= 15 is 0 Å². The fourth-order valence-corrected chi connectivity index (χ4v) is 2.99. The zero-order valence-electron chi connectivity index (χ0n) is 12.4. The molecule has 6 heteroatoms. The summed E-state index contributed by atoms with van der Waals surface area (Å²) >= 11 is 1.56. The lowest BCUT2D eigenvalue weighted by Gasteiger charge is -2.19. The smallest absolute Gasteiger partial charge is 0.315 e. The summed E-state index contributed by atoms with van der Waals surface area (Å²) in [7, 11) is 1.41. The average Bonchev–Trinajstić information content (AvgIpc) is 2.97. The summed E-state index contributed by atoms with van der Waals surface area (Å²) < 4.78 is 15.4. The molecule has 1 aromatic carbocycles. The van der Waals surface area contributed by atoms with Crippen molar-refractivity contribution in [3.8, 4) is 11.5 Å². The van der Waals surface area contributed by atoms with Crippen LogP contribution in [0.15, 0.2) is 18.2 Å². The van der Waals surface area contributed by atoms with Gasteiger partial charge in [-0.05, 0) is 30.7 Å². The maximum absolute atomic E-state index is 11.2. The Bertz CT molecular complexity index is 481. The summed E-state index contributed by atoms with van der Waals surface area (Å²) in [6, 6.07) is 6.16. The van der Waals surface area contributed by atoms with E-state index in [4.69, 9.17) is 9.47 Å². The monoisotopic (exact) mass is 311 g/mol. The molecule has 0 saturated carbocycles. The van der Waals surface area contributed by atoms with Gasteiger partial charge in [-0.1, -0.05) is 13.0 Å². The van der Waals surface area contributed by atoms with Gasteiger partial charge in [0.25, 0.3) is 0 Å². The second-order valence-electron chi connectivity index (χ2n) is 4.71. The lowest BCUT2D eigenvalue weighted by Crippen LogP contribution is -2.24. The number of methoxy groups -OCH3 is 1. The van der Waals surface area contributed by atoms with Crippen molar-refractivity contribution in [1.82, 2.24) is 5.32 Å². The molecule has 0 spiro atoms. The molecule has 1 heterocycles. The van der Waals surface area contributed by atoms with Crippen LogP contribution in [0.25, 0.3) is 0 Å². The number of carbonyl (C=O) groups is 1. The van der Waals surface area contributed by atoms with Crippen molar-refractivity contribution in [1.29, 1.82) is 0 Å². The fourth-order valence-electron chi connectivity index (χ4n) is 2.04. The summed E-state index contributed by atoms with van der Waals surface area (Å²) in [5.41, 5.74) is 1.14. The molecular weight excluding hydrogens is 290 g/mol. The number of hydrogen-bond donors (Lipinski definition) is 1. The van der Waals surface area contributed by atoms with Crippen LogP contribution in [0.5, 0.6) is 11.5 Å². The van der Waals surface area contributed by atoms with Crippen LogP contribution >= 0.6 is 11.8 Å². The summed E-state index contributed by atoms with van der Waals surface area (Å²) in [5, 5.41) is 3.50. The number of nitrogens with one attached hydrogen (secondary N) is 1. The molecule has 1 aliphatic rings. The van der Waals surface area contributed by atoms with Gasteiger partial charge in [-0.25, -0.2) is 0 Å². The second-order valence-corrected chi connectivity index (χ2v) is 5.74. The van der Waals surface area contributed by atoms with E-state index in [-0.39, 0.29) is 18.8 Å². The van der Waals surface area contributed by atoms with Crippen LogP contribution in [0.2, 0.25) is 0 Å². The molecule has 1 unspecified atom stereocenters. The van der Waals surface area contributed by atoms with Gasteiger partial charge in [0.1, 0.15) is 0 Å². The highest BCUT2D eigenvalue weighted by atomic mass is 32.2. The molecule has 0 saturated heterocycles. The Morgan fingerprint density at radius 2 is 2.24 bits per heavy atom. The summed E-state index contributed by atoms with van der Waals surface area (Å²) in [5.74, 6) is 2.55. The maximum Gasteiger partial charge on any atom is 0.315 e. The summed E-state index contributed by atoms with van der Waals surface area (Å²) in [4.78, 5) is 11.2. The molecule has 1 aromatic rings. The number of rotatable bonds is 8. The number of carbonyl (C=O) groups excluding carboxylic acids is 1. The van der Waals surface area contributed by atoms with E-state index in [0.717, 1.165) is 35.8 Å². The quantitative estimate of drug-likeness (QED) is 0.744. The van der Waals surface area contributed by atoms with Crippen LogP contribution in [0.3, 0.4) is 0 Å². The highest BCUT2D eigenvalue weighted by Gasteiger charge is 2.18. The summed E-state index contributed by atoms with van der Waals surface area (Å²) in [6.45, 7) is 3.34. The molecular formula is C15H21NO4S. The minimum atomic E-state index is -0.195. The van der Waals surface area contributed by atoms with Crippen LogP contribution in [0, 0.1) is 0 Å². The lowest BCUT2D eigenvalue weighted by molar-refractivity contribution is -0.137. The van der Waals surface area contributed by atoms with Gasteiger partial charge in [-0.2, -0.15) is 0 Å². The first kappa shape index (κ1) is 16.0. The van der Waals surface area contributed by atoms with Gasteiger partial charge in [-0.15, -0.1) is 11.8 Å². The Labute approximate surface area is 129 Å². The number of esters is 1. The van der Waals surface area contributed by atoms with Crippen LogP contribution < -0.4 is 14.8 Å². The zero-order chi connectivity index (χ0) is 15.1. The molecule has 1 aliphatic heterocycles. The minimum Gasteiger partial charge on any atom is -0.468 e. The highest BCUT2D eigenvalue weighted by Crippen LogP contribution is 2.34. The van der Waals surface area contributed by atoms with Gasteiger partial charge in [0, 0.05) is 11.8 Å². The third kappa shape index (κ3) is 4.54. The highest BCUT2D eigenvalue weighted by molar-refractivity contribution is 7.99.